The lowest BCUT2D eigenvalue weighted by Crippen LogP contribution is -2.61. The Morgan fingerprint density at radius 3 is 1.92 bits per heavy atom. The van der Waals surface area contributed by atoms with E-state index in [1.165, 1.54) is 89.6 Å². The number of hydrogen-bond acceptors (Lipinski definition) is 4. The first-order valence-electron chi connectivity index (χ1n) is 23.2. The zero-order chi connectivity index (χ0) is 44.5. The van der Waals surface area contributed by atoms with Crippen LogP contribution in [0.5, 0.6) is 0 Å². The molecular formula is C59H57BN4. The van der Waals surface area contributed by atoms with Crippen LogP contribution in [0.4, 0.5) is 45.5 Å². The van der Waals surface area contributed by atoms with Crippen LogP contribution in [0.1, 0.15) is 102 Å². The van der Waals surface area contributed by atoms with Gasteiger partial charge in [-0.15, -0.1) is 0 Å². The third kappa shape index (κ3) is 5.80. The van der Waals surface area contributed by atoms with E-state index in [4.69, 9.17) is 0 Å². The molecule has 0 aromatic heterocycles. The van der Waals surface area contributed by atoms with Crippen LogP contribution in [0, 0.1) is 18.3 Å². The van der Waals surface area contributed by atoms with E-state index in [1.807, 2.05) is 6.07 Å². The smallest absolute Gasteiger partial charge is 0.252 e. The highest BCUT2D eigenvalue weighted by Gasteiger charge is 2.59. The second kappa shape index (κ2) is 14.0. The maximum Gasteiger partial charge on any atom is 0.252 e. The van der Waals surface area contributed by atoms with Gasteiger partial charge in [0, 0.05) is 50.8 Å². The van der Waals surface area contributed by atoms with Crippen molar-refractivity contribution < 1.29 is 0 Å². The SMILES string of the molecule is Cc1cc2c3c(c1)N(c1ccc(C(C)(C)C)cc1-c1ccccc1)c1ccccc1B3c1ccc(N3c4ccc(C#N)cc4C4(C)CCCC34C)cc1N2c1ccc(C(C)(C)C)cc1. The molecule has 0 bridgehead atoms. The maximum absolute atomic E-state index is 10.0. The topological polar surface area (TPSA) is 33.5 Å². The summed E-state index contributed by atoms with van der Waals surface area (Å²) in [6, 6.07) is 57.5. The van der Waals surface area contributed by atoms with Gasteiger partial charge in [0.15, 0.2) is 0 Å². The summed E-state index contributed by atoms with van der Waals surface area (Å²) in [5.41, 5.74) is 21.7. The Morgan fingerprint density at radius 2 is 1.20 bits per heavy atom. The lowest BCUT2D eigenvalue weighted by atomic mass is 9.33. The number of benzene rings is 7. The number of hydrogen-bond donors (Lipinski definition) is 0. The van der Waals surface area contributed by atoms with Crippen molar-refractivity contribution >= 4 is 68.6 Å². The number of nitriles is 1. The van der Waals surface area contributed by atoms with Crippen molar-refractivity contribution in [3.05, 3.63) is 173 Å². The van der Waals surface area contributed by atoms with Crippen molar-refractivity contribution in [1.82, 2.24) is 0 Å². The summed E-state index contributed by atoms with van der Waals surface area (Å²) in [6.07, 6.45) is 3.36. The minimum atomic E-state index is -0.135. The van der Waals surface area contributed by atoms with E-state index < -0.39 is 0 Å². The van der Waals surface area contributed by atoms with Crippen LogP contribution >= 0.6 is 0 Å². The molecule has 3 aliphatic heterocycles. The quantitative estimate of drug-likeness (QED) is 0.165. The van der Waals surface area contributed by atoms with E-state index in [2.05, 4.69) is 223 Å². The number of para-hydroxylation sites is 1. The standard InChI is InChI=1S/C59H57BN4/c1-38-32-53-55-54(33-38)63(49-29-23-42(57(5,6)7)35-45(49)40-16-11-10-12-17-40)51-19-14-13-18-47(51)60(55)48-27-26-44(36-52(48)62(53)43-24-21-41(22-25-43)56(2,3)4)64-50-28-20-39(37-61)34-46(50)58(8)30-15-31-59(58,64)9/h10-14,16-29,32-36H,15,30-31H2,1-9H3. The minimum absolute atomic E-state index is 0.00834. The molecule has 1 saturated carbocycles. The molecule has 0 amide bonds. The first-order valence-corrected chi connectivity index (χ1v) is 23.2. The monoisotopic (exact) mass is 832 g/mol. The van der Waals surface area contributed by atoms with E-state index >= 15 is 0 Å². The third-order valence-electron chi connectivity index (χ3n) is 15.5. The van der Waals surface area contributed by atoms with E-state index in [9.17, 15) is 5.26 Å². The number of anilines is 8. The largest absolute Gasteiger partial charge is 0.334 e. The van der Waals surface area contributed by atoms with Gasteiger partial charge in [0.25, 0.3) is 6.71 Å². The van der Waals surface area contributed by atoms with Crippen molar-refractivity contribution in [1.29, 1.82) is 5.26 Å². The van der Waals surface area contributed by atoms with Crippen LogP contribution in [-0.4, -0.2) is 12.3 Å². The fourth-order valence-electron chi connectivity index (χ4n) is 11.9. The lowest BCUT2D eigenvalue weighted by Gasteiger charge is -2.46. The highest BCUT2D eigenvalue weighted by Crippen LogP contribution is 2.62. The van der Waals surface area contributed by atoms with Crippen molar-refractivity contribution in [3.63, 3.8) is 0 Å². The van der Waals surface area contributed by atoms with Crippen LogP contribution < -0.4 is 31.1 Å². The first kappa shape index (κ1) is 40.3. The Bertz CT molecular complexity index is 3080. The average Bonchev–Trinajstić information content (AvgIpc) is 3.68. The summed E-state index contributed by atoms with van der Waals surface area (Å²) in [5, 5.41) is 10.0. The number of fused-ring (bicyclic) bond motifs is 7. The van der Waals surface area contributed by atoms with Gasteiger partial charge in [-0.3, -0.25) is 0 Å². The predicted molar refractivity (Wildman–Crippen MR) is 271 cm³/mol. The molecule has 0 radical (unpaired) electrons. The summed E-state index contributed by atoms with van der Waals surface area (Å²) < 4.78 is 0. The second-order valence-corrected chi connectivity index (χ2v) is 21.4. The molecule has 0 N–H and O–H groups in total. The molecule has 64 heavy (non-hydrogen) atoms. The second-order valence-electron chi connectivity index (χ2n) is 21.4. The highest BCUT2D eigenvalue weighted by atomic mass is 15.3. The molecule has 5 heteroatoms. The van der Waals surface area contributed by atoms with Crippen LogP contribution in [0.2, 0.25) is 0 Å². The zero-order valence-electron chi connectivity index (χ0n) is 38.8. The molecule has 4 aliphatic rings. The predicted octanol–water partition coefficient (Wildman–Crippen LogP) is 13.6. The molecule has 2 atom stereocenters. The van der Waals surface area contributed by atoms with Crippen LogP contribution in [0.3, 0.4) is 0 Å². The number of rotatable bonds is 4. The van der Waals surface area contributed by atoms with Gasteiger partial charge in [-0.1, -0.05) is 128 Å². The molecule has 2 unspecified atom stereocenters. The molecule has 316 valence electrons. The highest BCUT2D eigenvalue weighted by molar-refractivity contribution is 7.00. The van der Waals surface area contributed by atoms with Crippen molar-refractivity contribution in [2.24, 2.45) is 0 Å². The third-order valence-corrected chi connectivity index (χ3v) is 15.5. The lowest BCUT2D eigenvalue weighted by molar-refractivity contribution is 0.330. The Labute approximate surface area is 380 Å². The fraction of sp³-hybridized carbons (Fsp3) is 0.271. The van der Waals surface area contributed by atoms with Crippen LogP contribution in [0.25, 0.3) is 11.1 Å². The van der Waals surface area contributed by atoms with E-state index in [1.54, 1.807) is 0 Å². The first-order chi connectivity index (χ1) is 30.6. The molecule has 7 aromatic rings. The normalized spacial score (nSPS) is 19.4. The van der Waals surface area contributed by atoms with Crippen molar-refractivity contribution in [2.75, 3.05) is 14.7 Å². The molecule has 1 aliphatic carbocycles. The molecule has 4 nitrogen and oxygen atoms in total. The Balaban J connectivity index is 1.18. The van der Waals surface area contributed by atoms with Crippen molar-refractivity contribution in [3.8, 4) is 17.2 Å². The summed E-state index contributed by atoms with van der Waals surface area (Å²) in [6.45, 7) is 21.0. The van der Waals surface area contributed by atoms with Gasteiger partial charge in [0.1, 0.15) is 0 Å². The molecule has 7 aromatic carbocycles. The number of nitrogens with zero attached hydrogens (tertiary/aromatic N) is 4. The van der Waals surface area contributed by atoms with Gasteiger partial charge in [0.05, 0.1) is 22.9 Å². The minimum Gasteiger partial charge on any atom is -0.334 e. The average molecular weight is 833 g/mol. The summed E-state index contributed by atoms with van der Waals surface area (Å²) in [7, 11) is 0. The van der Waals surface area contributed by atoms with Gasteiger partial charge in [-0.2, -0.15) is 5.26 Å². The van der Waals surface area contributed by atoms with Gasteiger partial charge in [-0.05, 0) is 155 Å². The Morgan fingerprint density at radius 1 is 0.562 bits per heavy atom. The Kier molecular flexibility index (Phi) is 8.81. The van der Waals surface area contributed by atoms with Crippen LogP contribution in [0.15, 0.2) is 146 Å². The van der Waals surface area contributed by atoms with Gasteiger partial charge < -0.3 is 14.7 Å². The summed E-state index contributed by atoms with van der Waals surface area (Å²) in [5.74, 6) is 0. The van der Waals surface area contributed by atoms with E-state index in [0.717, 1.165) is 30.5 Å². The molecule has 0 saturated heterocycles. The van der Waals surface area contributed by atoms with Crippen LogP contribution in [-0.2, 0) is 16.2 Å². The van der Waals surface area contributed by atoms with Gasteiger partial charge >= 0.3 is 0 Å². The van der Waals surface area contributed by atoms with E-state index in [0.29, 0.717) is 0 Å². The zero-order valence-corrected chi connectivity index (χ0v) is 38.8. The maximum atomic E-state index is 10.0. The van der Waals surface area contributed by atoms with E-state index in [-0.39, 0.29) is 28.5 Å². The van der Waals surface area contributed by atoms with Gasteiger partial charge in [0.2, 0.25) is 0 Å². The molecule has 3 heterocycles. The number of aryl methyl sites for hydroxylation is 1. The fourth-order valence-corrected chi connectivity index (χ4v) is 11.9. The molecule has 0 spiro atoms. The summed E-state index contributed by atoms with van der Waals surface area (Å²) in [4.78, 5) is 7.76. The molecule has 1 fully saturated rings. The molecular weight excluding hydrogens is 775 g/mol. The summed E-state index contributed by atoms with van der Waals surface area (Å²) >= 11 is 0. The van der Waals surface area contributed by atoms with Gasteiger partial charge in [-0.25, -0.2) is 0 Å². The Hall–Kier alpha value is -6.51. The molecule has 11 rings (SSSR count). The van der Waals surface area contributed by atoms with Crippen molar-refractivity contribution in [2.45, 2.75) is 103 Å².